The summed E-state index contributed by atoms with van der Waals surface area (Å²) in [6.07, 6.45) is 0.764. The second-order valence-electron chi connectivity index (χ2n) is 3.79. The van der Waals surface area contributed by atoms with Crippen molar-refractivity contribution in [3.8, 4) is 17.2 Å². The Morgan fingerprint density at radius 2 is 1.76 bits per heavy atom. The molecule has 0 bridgehead atoms. The second-order valence-corrected chi connectivity index (χ2v) is 3.79. The second kappa shape index (κ2) is 5.27. The Balaban J connectivity index is 2.40. The standard InChI is InChI=1S/C15H11BN/c16-10-9-12-5-7-13(8-6-12)15-4-2-1-3-14(15)11-17/h1-8,10H,9H2. The summed E-state index contributed by atoms with van der Waals surface area (Å²) in [6, 6.07) is 17.9. The average molecular weight is 216 g/mol. The Labute approximate surface area is 102 Å². The minimum atomic E-state index is 0.700. The van der Waals surface area contributed by atoms with Gasteiger partial charge in [0, 0.05) is 0 Å². The van der Waals surface area contributed by atoms with E-state index in [0.717, 1.165) is 17.5 Å². The first-order valence-corrected chi connectivity index (χ1v) is 5.47. The average Bonchev–Trinajstić information content (AvgIpc) is 2.40. The summed E-state index contributed by atoms with van der Waals surface area (Å²) in [5.74, 6) is 1.64. The van der Waals surface area contributed by atoms with Crippen molar-refractivity contribution < 1.29 is 0 Å². The summed E-state index contributed by atoms with van der Waals surface area (Å²) in [5, 5.41) is 9.05. The molecular weight excluding hydrogens is 205 g/mol. The fraction of sp³-hybridized carbons (Fsp3) is 0.0667. The molecule has 17 heavy (non-hydrogen) atoms. The van der Waals surface area contributed by atoms with Gasteiger partial charge in [-0.1, -0.05) is 0 Å². The maximum absolute atomic E-state index is 9.05. The van der Waals surface area contributed by atoms with Crippen molar-refractivity contribution >= 4 is 13.5 Å². The molecule has 0 N–H and O–H groups in total. The monoisotopic (exact) mass is 216 g/mol. The van der Waals surface area contributed by atoms with Crippen LogP contribution < -0.4 is 0 Å². The van der Waals surface area contributed by atoms with E-state index in [2.05, 4.69) is 6.07 Å². The van der Waals surface area contributed by atoms with Crippen LogP contribution in [0.25, 0.3) is 11.1 Å². The molecule has 0 aromatic heterocycles. The Morgan fingerprint density at radius 1 is 1.06 bits per heavy atom. The molecule has 0 aliphatic carbocycles. The van der Waals surface area contributed by atoms with Crippen LogP contribution in [0.2, 0.25) is 0 Å². The zero-order chi connectivity index (χ0) is 12.1. The van der Waals surface area contributed by atoms with E-state index in [9.17, 15) is 0 Å². The first-order valence-electron chi connectivity index (χ1n) is 5.47. The summed E-state index contributed by atoms with van der Waals surface area (Å²) in [7, 11) is 5.39. The number of benzene rings is 2. The number of nitriles is 1. The van der Waals surface area contributed by atoms with Gasteiger partial charge >= 0.3 is 102 Å². The first-order chi connectivity index (χ1) is 8.35. The first kappa shape index (κ1) is 11.4. The minimum absolute atomic E-state index is 0.700. The van der Waals surface area contributed by atoms with Crippen LogP contribution in [0.1, 0.15) is 11.1 Å². The van der Waals surface area contributed by atoms with E-state index in [1.54, 1.807) is 5.97 Å². The van der Waals surface area contributed by atoms with Crippen molar-refractivity contribution in [2.24, 2.45) is 0 Å². The van der Waals surface area contributed by atoms with Gasteiger partial charge in [0.05, 0.1) is 0 Å². The molecule has 0 aliphatic rings. The zero-order valence-electron chi connectivity index (χ0n) is 9.43. The molecule has 0 fully saturated rings. The molecule has 0 spiro atoms. The van der Waals surface area contributed by atoms with Crippen molar-refractivity contribution in [2.45, 2.75) is 6.42 Å². The normalized spacial score (nSPS) is 9.53. The maximum atomic E-state index is 9.05. The fourth-order valence-corrected chi connectivity index (χ4v) is 1.79. The molecule has 0 aliphatic heterocycles. The Morgan fingerprint density at radius 3 is 2.41 bits per heavy atom. The summed E-state index contributed by atoms with van der Waals surface area (Å²) in [6.45, 7) is 0. The van der Waals surface area contributed by atoms with Crippen LogP contribution in [-0.4, -0.2) is 13.5 Å². The van der Waals surface area contributed by atoms with E-state index in [-0.39, 0.29) is 0 Å². The van der Waals surface area contributed by atoms with Gasteiger partial charge in [-0.3, -0.25) is 0 Å². The summed E-state index contributed by atoms with van der Waals surface area (Å²) >= 11 is 0. The molecule has 0 amide bonds. The third kappa shape index (κ3) is 2.51. The van der Waals surface area contributed by atoms with Crippen molar-refractivity contribution in [1.29, 1.82) is 5.26 Å². The van der Waals surface area contributed by atoms with E-state index in [1.165, 1.54) is 5.56 Å². The van der Waals surface area contributed by atoms with Crippen LogP contribution in [0, 0.1) is 11.3 Å². The molecule has 2 rings (SSSR count). The van der Waals surface area contributed by atoms with Gasteiger partial charge in [-0.25, -0.2) is 0 Å². The van der Waals surface area contributed by atoms with Gasteiger partial charge in [0.1, 0.15) is 0 Å². The van der Waals surface area contributed by atoms with Gasteiger partial charge in [0.2, 0.25) is 0 Å². The van der Waals surface area contributed by atoms with Crippen LogP contribution in [-0.2, 0) is 6.42 Å². The molecule has 2 aromatic carbocycles. The topological polar surface area (TPSA) is 23.8 Å². The van der Waals surface area contributed by atoms with E-state index in [4.69, 9.17) is 12.7 Å². The molecular formula is C15H11BN. The number of rotatable bonds is 3. The van der Waals surface area contributed by atoms with E-state index in [1.807, 2.05) is 48.5 Å². The zero-order valence-corrected chi connectivity index (χ0v) is 9.43. The Bertz CT molecular complexity index is 564. The van der Waals surface area contributed by atoms with Crippen LogP contribution >= 0.6 is 0 Å². The van der Waals surface area contributed by atoms with Crippen LogP contribution in [0.15, 0.2) is 48.5 Å². The van der Waals surface area contributed by atoms with E-state index >= 15 is 0 Å². The Hall–Kier alpha value is -2.14. The van der Waals surface area contributed by atoms with Crippen molar-refractivity contribution in [3.63, 3.8) is 0 Å². The van der Waals surface area contributed by atoms with Crippen LogP contribution in [0.5, 0.6) is 0 Å². The van der Waals surface area contributed by atoms with Gasteiger partial charge in [-0.15, -0.1) is 0 Å². The van der Waals surface area contributed by atoms with Crippen molar-refractivity contribution in [1.82, 2.24) is 0 Å². The van der Waals surface area contributed by atoms with E-state index in [0.29, 0.717) is 5.56 Å². The third-order valence-electron chi connectivity index (χ3n) is 2.67. The number of nitrogens with zero attached hydrogens (tertiary/aromatic N) is 1. The molecule has 0 saturated heterocycles. The van der Waals surface area contributed by atoms with Crippen molar-refractivity contribution in [2.75, 3.05) is 0 Å². The fourth-order valence-electron chi connectivity index (χ4n) is 1.79. The predicted octanol–water partition coefficient (Wildman–Crippen LogP) is 2.74. The van der Waals surface area contributed by atoms with Crippen LogP contribution in [0.3, 0.4) is 0 Å². The van der Waals surface area contributed by atoms with Gasteiger partial charge in [-0.05, 0) is 0 Å². The van der Waals surface area contributed by atoms with E-state index < -0.39 is 0 Å². The quantitative estimate of drug-likeness (QED) is 0.723. The molecule has 2 aromatic rings. The molecule has 0 saturated carbocycles. The SMILES string of the molecule is [B]=CCc1ccc(-c2ccccc2C#N)cc1. The van der Waals surface area contributed by atoms with Gasteiger partial charge in [-0.2, -0.15) is 0 Å². The summed E-state index contributed by atoms with van der Waals surface area (Å²) in [4.78, 5) is 0. The molecule has 0 heterocycles. The number of hydrogen-bond acceptors (Lipinski definition) is 1. The molecule has 1 radical (unpaired) electrons. The van der Waals surface area contributed by atoms with Gasteiger partial charge in [0.15, 0.2) is 0 Å². The Kier molecular flexibility index (Phi) is 3.52. The predicted molar refractivity (Wildman–Crippen MR) is 72.1 cm³/mol. The van der Waals surface area contributed by atoms with Gasteiger partial charge < -0.3 is 0 Å². The van der Waals surface area contributed by atoms with Crippen molar-refractivity contribution in [3.05, 3.63) is 59.7 Å². The molecule has 1 nitrogen and oxygen atoms in total. The molecule has 79 valence electrons. The van der Waals surface area contributed by atoms with Crippen LogP contribution in [0.4, 0.5) is 0 Å². The van der Waals surface area contributed by atoms with Gasteiger partial charge in [0.25, 0.3) is 0 Å². The molecule has 0 unspecified atom stereocenters. The molecule has 0 atom stereocenters. The molecule has 2 heteroatoms. The third-order valence-corrected chi connectivity index (χ3v) is 2.67. The number of hydrogen-bond donors (Lipinski definition) is 0. The summed E-state index contributed by atoms with van der Waals surface area (Å²) in [5.41, 5.74) is 3.90. The summed E-state index contributed by atoms with van der Waals surface area (Å²) < 4.78 is 0.